The summed E-state index contributed by atoms with van der Waals surface area (Å²) in [7, 11) is 0. The van der Waals surface area contributed by atoms with Crippen LogP contribution in [-0.4, -0.2) is 0 Å². The molecule has 0 saturated heterocycles. The summed E-state index contributed by atoms with van der Waals surface area (Å²) < 4.78 is 0. The van der Waals surface area contributed by atoms with E-state index >= 15 is 0 Å². The minimum atomic E-state index is 1.20. The first kappa shape index (κ1) is 17.3. The van der Waals surface area contributed by atoms with Crippen molar-refractivity contribution in [1.29, 1.82) is 0 Å². The lowest BCUT2D eigenvalue weighted by atomic mass is 9.90. The standard InChI is InChI=1S/C26H29/c1-2-3-4-5-6-7-8-9-11-20-14-15-23-17-16-21-12-10-13-22-18-19-24(20)26(23)25(21)22/h10,12,14-19H,2-9,11H2,1H3. The molecule has 0 nitrogen and oxygen atoms in total. The Hall–Kier alpha value is -2.08. The third-order valence-corrected chi connectivity index (χ3v) is 5.84. The lowest BCUT2D eigenvalue weighted by Crippen LogP contribution is -1.91. The van der Waals surface area contributed by atoms with Crippen molar-refractivity contribution in [2.75, 3.05) is 0 Å². The Balaban J connectivity index is 1.49. The smallest absolute Gasteiger partial charge is 0.00205 e. The molecule has 0 unspecified atom stereocenters. The van der Waals surface area contributed by atoms with Crippen LogP contribution in [0, 0.1) is 6.07 Å². The van der Waals surface area contributed by atoms with Gasteiger partial charge in [0.05, 0.1) is 0 Å². The van der Waals surface area contributed by atoms with Crippen molar-refractivity contribution >= 4 is 32.3 Å². The van der Waals surface area contributed by atoms with Crippen molar-refractivity contribution in [1.82, 2.24) is 0 Å². The van der Waals surface area contributed by atoms with Crippen molar-refractivity contribution in [2.45, 2.75) is 64.7 Å². The average molecular weight is 342 g/mol. The number of rotatable bonds is 9. The zero-order valence-electron chi connectivity index (χ0n) is 16.0. The van der Waals surface area contributed by atoms with E-state index in [1.54, 1.807) is 0 Å². The fourth-order valence-electron chi connectivity index (χ4n) is 4.38. The average Bonchev–Trinajstić information content (AvgIpc) is 2.69. The van der Waals surface area contributed by atoms with Crippen LogP contribution >= 0.6 is 0 Å². The normalized spacial score (nSPS) is 11.9. The van der Waals surface area contributed by atoms with Gasteiger partial charge in [0, 0.05) is 0 Å². The van der Waals surface area contributed by atoms with E-state index in [1.165, 1.54) is 95.7 Å². The van der Waals surface area contributed by atoms with Gasteiger partial charge in [0.15, 0.2) is 0 Å². The predicted molar refractivity (Wildman–Crippen MR) is 115 cm³/mol. The number of unbranched alkanes of at least 4 members (excludes halogenated alkanes) is 7. The van der Waals surface area contributed by atoms with Gasteiger partial charge in [0.25, 0.3) is 0 Å². The number of aryl methyl sites for hydroxylation is 1. The van der Waals surface area contributed by atoms with Gasteiger partial charge in [-0.05, 0) is 56.8 Å². The highest BCUT2D eigenvalue weighted by Crippen LogP contribution is 2.36. The Morgan fingerprint density at radius 2 is 1.35 bits per heavy atom. The predicted octanol–water partition coefficient (Wildman–Crippen LogP) is 8.07. The second kappa shape index (κ2) is 8.08. The molecule has 0 atom stereocenters. The van der Waals surface area contributed by atoms with Crippen LogP contribution < -0.4 is 0 Å². The van der Waals surface area contributed by atoms with Crippen LogP contribution in [0.5, 0.6) is 0 Å². The lowest BCUT2D eigenvalue weighted by molar-refractivity contribution is 0.576. The van der Waals surface area contributed by atoms with Crippen LogP contribution in [0.2, 0.25) is 0 Å². The van der Waals surface area contributed by atoms with Gasteiger partial charge >= 0.3 is 0 Å². The molecule has 0 aliphatic heterocycles. The Labute approximate surface area is 157 Å². The minimum Gasteiger partial charge on any atom is -0.0654 e. The third-order valence-electron chi connectivity index (χ3n) is 5.84. The largest absolute Gasteiger partial charge is 0.0654 e. The van der Waals surface area contributed by atoms with E-state index in [-0.39, 0.29) is 0 Å². The molecule has 0 heteroatoms. The molecule has 1 radical (unpaired) electrons. The molecule has 0 spiro atoms. The van der Waals surface area contributed by atoms with Crippen LogP contribution in [0.25, 0.3) is 32.3 Å². The van der Waals surface area contributed by atoms with Crippen LogP contribution in [0.15, 0.2) is 48.5 Å². The summed E-state index contributed by atoms with van der Waals surface area (Å²) in [6, 6.07) is 21.4. The SMILES string of the molecule is CCCCCCCCCCc1ccc2ccc3cc[c]c4ccc1c2c43. The summed E-state index contributed by atoms with van der Waals surface area (Å²) in [6.07, 6.45) is 12.3. The van der Waals surface area contributed by atoms with Crippen molar-refractivity contribution in [3.8, 4) is 0 Å². The summed E-state index contributed by atoms with van der Waals surface area (Å²) in [5, 5.41) is 8.21. The molecule has 0 N–H and O–H groups in total. The maximum absolute atomic E-state index is 3.41. The van der Waals surface area contributed by atoms with Crippen molar-refractivity contribution in [3.63, 3.8) is 0 Å². The van der Waals surface area contributed by atoms with E-state index in [2.05, 4.69) is 55.5 Å². The lowest BCUT2D eigenvalue weighted by Gasteiger charge is -2.13. The molecule has 0 saturated carbocycles. The number of hydrogen-bond donors (Lipinski definition) is 0. The molecular formula is C26H29. The van der Waals surface area contributed by atoms with Crippen LogP contribution in [0.1, 0.15) is 63.9 Å². The summed E-state index contributed by atoms with van der Waals surface area (Å²) in [4.78, 5) is 0. The monoisotopic (exact) mass is 341 g/mol. The maximum Gasteiger partial charge on any atom is -0.00205 e. The molecule has 0 aromatic heterocycles. The molecular weight excluding hydrogens is 312 g/mol. The molecule has 4 aromatic carbocycles. The Bertz CT molecular complexity index is 963. The van der Waals surface area contributed by atoms with Crippen molar-refractivity contribution in [3.05, 3.63) is 60.2 Å². The Kier molecular flexibility index (Phi) is 5.39. The zero-order chi connectivity index (χ0) is 17.8. The molecule has 4 rings (SSSR count). The summed E-state index contributed by atoms with van der Waals surface area (Å²) in [5.41, 5.74) is 1.52. The molecule has 0 aliphatic rings. The quantitative estimate of drug-likeness (QED) is 0.213. The van der Waals surface area contributed by atoms with Gasteiger partial charge in [-0.1, -0.05) is 100 Å². The minimum absolute atomic E-state index is 1.20. The molecule has 0 fully saturated rings. The molecule has 0 aliphatic carbocycles. The first-order valence-corrected chi connectivity index (χ1v) is 10.5. The van der Waals surface area contributed by atoms with Gasteiger partial charge in [-0.25, -0.2) is 0 Å². The van der Waals surface area contributed by atoms with E-state index in [4.69, 9.17) is 0 Å². The summed E-state index contributed by atoms with van der Waals surface area (Å²) in [5.74, 6) is 0. The zero-order valence-corrected chi connectivity index (χ0v) is 16.0. The highest BCUT2D eigenvalue weighted by atomic mass is 14.1. The second-order valence-electron chi connectivity index (χ2n) is 7.72. The fraction of sp³-hybridized carbons (Fsp3) is 0.385. The van der Waals surface area contributed by atoms with E-state index < -0.39 is 0 Å². The van der Waals surface area contributed by atoms with E-state index in [0.29, 0.717) is 0 Å². The highest BCUT2D eigenvalue weighted by Gasteiger charge is 2.10. The molecule has 0 amide bonds. The van der Waals surface area contributed by atoms with E-state index in [1.807, 2.05) is 6.07 Å². The van der Waals surface area contributed by atoms with Gasteiger partial charge < -0.3 is 0 Å². The van der Waals surface area contributed by atoms with Gasteiger partial charge in [0.1, 0.15) is 0 Å². The summed E-state index contributed by atoms with van der Waals surface area (Å²) in [6.45, 7) is 2.29. The van der Waals surface area contributed by atoms with Gasteiger partial charge in [0.2, 0.25) is 0 Å². The van der Waals surface area contributed by atoms with Gasteiger partial charge in [-0.2, -0.15) is 0 Å². The van der Waals surface area contributed by atoms with Gasteiger partial charge in [-0.15, -0.1) is 0 Å². The van der Waals surface area contributed by atoms with Crippen molar-refractivity contribution < 1.29 is 0 Å². The number of hydrogen-bond acceptors (Lipinski definition) is 0. The first-order chi connectivity index (χ1) is 12.9. The fourth-order valence-corrected chi connectivity index (χ4v) is 4.38. The van der Waals surface area contributed by atoms with E-state index in [9.17, 15) is 0 Å². The second-order valence-corrected chi connectivity index (χ2v) is 7.72. The third kappa shape index (κ3) is 3.43. The maximum atomic E-state index is 3.41. The number of benzene rings is 4. The Morgan fingerprint density at radius 3 is 2.15 bits per heavy atom. The highest BCUT2D eigenvalue weighted by molar-refractivity contribution is 6.23. The topological polar surface area (TPSA) is 0 Å². The van der Waals surface area contributed by atoms with Gasteiger partial charge in [-0.3, -0.25) is 0 Å². The molecule has 0 heterocycles. The van der Waals surface area contributed by atoms with E-state index in [0.717, 1.165) is 0 Å². The first-order valence-electron chi connectivity index (χ1n) is 10.5. The molecule has 133 valence electrons. The molecule has 4 aromatic rings. The van der Waals surface area contributed by atoms with Crippen LogP contribution in [0.4, 0.5) is 0 Å². The molecule has 0 bridgehead atoms. The van der Waals surface area contributed by atoms with Crippen LogP contribution in [-0.2, 0) is 6.42 Å². The Morgan fingerprint density at radius 1 is 0.654 bits per heavy atom. The van der Waals surface area contributed by atoms with Crippen LogP contribution in [0.3, 0.4) is 0 Å². The van der Waals surface area contributed by atoms with Crippen molar-refractivity contribution in [2.24, 2.45) is 0 Å². The summed E-state index contributed by atoms with van der Waals surface area (Å²) >= 11 is 0. The molecule has 26 heavy (non-hydrogen) atoms.